The van der Waals surface area contributed by atoms with Gasteiger partial charge in [0.05, 0.1) is 11.4 Å². The van der Waals surface area contributed by atoms with Crippen molar-refractivity contribution in [1.82, 2.24) is 14.8 Å². The molecule has 0 fully saturated rings. The number of hydrogen-bond donors (Lipinski definition) is 1. The van der Waals surface area contributed by atoms with E-state index in [1.807, 2.05) is 18.5 Å². The van der Waals surface area contributed by atoms with E-state index in [1.54, 1.807) is 24.3 Å². The van der Waals surface area contributed by atoms with Crippen LogP contribution in [-0.4, -0.2) is 32.2 Å². The van der Waals surface area contributed by atoms with E-state index in [0.717, 1.165) is 12.2 Å². The Morgan fingerprint density at radius 1 is 1.35 bits per heavy atom. The number of carbonyl (C=O) groups excluding carboxylic acids is 1. The molecule has 2 rings (SSSR count). The van der Waals surface area contributed by atoms with E-state index >= 15 is 0 Å². The summed E-state index contributed by atoms with van der Waals surface area (Å²) in [6.45, 7) is 1.97. The Bertz CT molecular complexity index is 679. The number of halogens is 2. The number of nitrogens with zero attached hydrogens (tertiary/aromatic N) is 3. The van der Waals surface area contributed by atoms with Gasteiger partial charge in [0.1, 0.15) is 5.82 Å². The highest BCUT2D eigenvalue weighted by molar-refractivity contribution is 8.00. The number of carbonyl (C=O) groups is 1. The van der Waals surface area contributed by atoms with Crippen molar-refractivity contribution in [2.24, 2.45) is 7.05 Å². The molecule has 9 heteroatoms. The van der Waals surface area contributed by atoms with Gasteiger partial charge in [0.15, 0.2) is 5.16 Å². The van der Waals surface area contributed by atoms with E-state index in [4.69, 9.17) is 0 Å². The van der Waals surface area contributed by atoms with E-state index in [1.165, 1.54) is 11.8 Å². The Kier molecular flexibility index (Phi) is 6.40. The van der Waals surface area contributed by atoms with Crippen LogP contribution in [0.2, 0.25) is 0 Å². The zero-order valence-electron chi connectivity index (χ0n) is 12.6. The lowest BCUT2D eigenvalue weighted by atomic mass is 10.3. The Labute approximate surface area is 141 Å². The molecular weight excluding hydrogens is 342 g/mol. The SMILES string of the molecule is CCc1nnc(SCC(=O)Nc2ccccc2SC(F)F)n1C. The van der Waals surface area contributed by atoms with Crippen molar-refractivity contribution in [2.75, 3.05) is 11.1 Å². The highest BCUT2D eigenvalue weighted by atomic mass is 32.2. The van der Waals surface area contributed by atoms with Gasteiger partial charge in [-0.1, -0.05) is 42.6 Å². The maximum atomic E-state index is 12.5. The lowest BCUT2D eigenvalue weighted by Crippen LogP contribution is -2.15. The molecule has 5 nitrogen and oxygen atoms in total. The van der Waals surface area contributed by atoms with Gasteiger partial charge < -0.3 is 9.88 Å². The van der Waals surface area contributed by atoms with Gasteiger partial charge in [-0.05, 0) is 12.1 Å². The number of anilines is 1. The molecule has 1 amide bonds. The number of benzene rings is 1. The number of rotatable bonds is 7. The van der Waals surface area contributed by atoms with E-state index in [-0.39, 0.29) is 11.7 Å². The number of amides is 1. The molecule has 23 heavy (non-hydrogen) atoms. The third kappa shape index (κ3) is 4.93. The number of thioether (sulfide) groups is 2. The van der Waals surface area contributed by atoms with E-state index < -0.39 is 5.76 Å². The summed E-state index contributed by atoms with van der Waals surface area (Å²) in [5.74, 6) is -1.85. The molecule has 1 aromatic heterocycles. The average Bonchev–Trinajstić information content (AvgIpc) is 2.87. The third-order valence-corrected chi connectivity index (χ3v) is 4.76. The van der Waals surface area contributed by atoms with Crippen LogP contribution in [0.5, 0.6) is 0 Å². The van der Waals surface area contributed by atoms with Crippen molar-refractivity contribution in [3.05, 3.63) is 30.1 Å². The van der Waals surface area contributed by atoms with Crippen LogP contribution in [-0.2, 0) is 18.3 Å². The first-order valence-corrected chi connectivity index (χ1v) is 8.72. The topological polar surface area (TPSA) is 59.8 Å². The largest absolute Gasteiger partial charge is 0.324 e. The van der Waals surface area contributed by atoms with Gasteiger partial charge in [-0.2, -0.15) is 8.78 Å². The minimum atomic E-state index is -2.53. The number of aromatic nitrogens is 3. The van der Waals surface area contributed by atoms with Gasteiger partial charge in [0, 0.05) is 18.4 Å². The molecule has 1 N–H and O–H groups in total. The lowest BCUT2D eigenvalue weighted by molar-refractivity contribution is -0.113. The molecule has 1 aromatic carbocycles. The van der Waals surface area contributed by atoms with Gasteiger partial charge in [0.2, 0.25) is 5.91 Å². The summed E-state index contributed by atoms with van der Waals surface area (Å²) in [5.41, 5.74) is 0.385. The third-order valence-electron chi connectivity index (χ3n) is 2.95. The highest BCUT2D eigenvalue weighted by Gasteiger charge is 2.13. The molecule has 0 radical (unpaired) electrons. The van der Waals surface area contributed by atoms with Crippen molar-refractivity contribution in [3.8, 4) is 0 Å². The Balaban J connectivity index is 1.96. The smallest absolute Gasteiger partial charge is 0.288 e. The monoisotopic (exact) mass is 358 g/mol. The second-order valence-electron chi connectivity index (χ2n) is 4.52. The molecule has 124 valence electrons. The second-order valence-corrected chi connectivity index (χ2v) is 6.50. The number of alkyl halides is 2. The van der Waals surface area contributed by atoms with E-state index in [9.17, 15) is 13.6 Å². The summed E-state index contributed by atoms with van der Waals surface area (Å²) in [6, 6.07) is 6.50. The van der Waals surface area contributed by atoms with Crippen LogP contribution in [0, 0.1) is 0 Å². The number of para-hydroxylation sites is 1. The molecule has 0 saturated carbocycles. The summed E-state index contributed by atoms with van der Waals surface area (Å²) in [4.78, 5) is 12.4. The van der Waals surface area contributed by atoms with Crippen LogP contribution < -0.4 is 5.32 Å². The Morgan fingerprint density at radius 3 is 2.74 bits per heavy atom. The van der Waals surface area contributed by atoms with E-state index in [2.05, 4.69) is 15.5 Å². The number of nitrogens with one attached hydrogen (secondary N) is 1. The van der Waals surface area contributed by atoms with Crippen molar-refractivity contribution in [2.45, 2.75) is 29.2 Å². The maximum absolute atomic E-state index is 12.5. The van der Waals surface area contributed by atoms with Crippen molar-refractivity contribution in [3.63, 3.8) is 0 Å². The van der Waals surface area contributed by atoms with Gasteiger partial charge in [-0.15, -0.1) is 10.2 Å². The number of aryl methyl sites for hydroxylation is 1. The molecule has 0 saturated heterocycles. The zero-order chi connectivity index (χ0) is 16.8. The lowest BCUT2D eigenvalue weighted by Gasteiger charge is -2.10. The maximum Gasteiger partial charge on any atom is 0.288 e. The van der Waals surface area contributed by atoms with Crippen LogP contribution in [0.25, 0.3) is 0 Å². The van der Waals surface area contributed by atoms with Gasteiger partial charge in [-0.3, -0.25) is 4.79 Å². The zero-order valence-corrected chi connectivity index (χ0v) is 14.3. The summed E-state index contributed by atoms with van der Waals surface area (Å²) >= 11 is 1.66. The first kappa shape index (κ1) is 17.7. The second kappa shape index (κ2) is 8.30. The number of hydrogen-bond acceptors (Lipinski definition) is 5. The van der Waals surface area contributed by atoms with Gasteiger partial charge in [0.25, 0.3) is 5.76 Å². The van der Waals surface area contributed by atoms with Crippen LogP contribution in [0.3, 0.4) is 0 Å². The fraction of sp³-hybridized carbons (Fsp3) is 0.357. The molecule has 1 heterocycles. The summed E-state index contributed by atoms with van der Waals surface area (Å²) in [6.07, 6.45) is 0.758. The molecule has 0 atom stereocenters. The van der Waals surface area contributed by atoms with Crippen LogP contribution >= 0.6 is 23.5 Å². The molecule has 0 aliphatic heterocycles. The highest BCUT2D eigenvalue weighted by Crippen LogP contribution is 2.31. The Hall–Kier alpha value is -1.61. The summed E-state index contributed by atoms with van der Waals surface area (Å²) < 4.78 is 26.9. The quantitative estimate of drug-likeness (QED) is 0.769. The molecule has 0 unspecified atom stereocenters. The Morgan fingerprint density at radius 2 is 2.09 bits per heavy atom. The molecule has 2 aromatic rings. The predicted molar refractivity (Wildman–Crippen MR) is 88.0 cm³/mol. The van der Waals surface area contributed by atoms with Crippen LogP contribution in [0.15, 0.2) is 34.3 Å². The molecule has 0 spiro atoms. The van der Waals surface area contributed by atoms with Crippen molar-refractivity contribution in [1.29, 1.82) is 0 Å². The van der Waals surface area contributed by atoms with Crippen LogP contribution in [0.1, 0.15) is 12.7 Å². The average molecular weight is 358 g/mol. The molecular formula is C14H16F2N4OS2. The first-order valence-electron chi connectivity index (χ1n) is 6.86. The minimum Gasteiger partial charge on any atom is -0.324 e. The molecule has 0 aliphatic rings. The fourth-order valence-corrected chi connectivity index (χ4v) is 3.19. The molecule has 0 bridgehead atoms. The predicted octanol–water partition coefficient (Wildman–Crippen LogP) is 3.42. The van der Waals surface area contributed by atoms with E-state index in [0.29, 0.717) is 27.5 Å². The van der Waals surface area contributed by atoms with Crippen LogP contribution in [0.4, 0.5) is 14.5 Å². The van der Waals surface area contributed by atoms with Gasteiger partial charge in [-0.25, -0.2) is 0 Å². The first-order chi connectivity index (χ1) is 11.0. The standard InChI is InChI=1S/C14H16F2N4OS2/c1-3-11-18-19-14(20(11)2)22-8-12(21)17-9-6-4-5-7-10(9)23-13(15)16/h4-7,13H,3,8H2,1-2H3,(H,17,21). The summed E-state index contributed by atoms with van der Waals surface area (Å²) in [5, 5.41) is 11.3. The summed E-state index contributed by atoms with van der Waals surface area (Å²) in [7, 11) is 1.84. The minimum absolute atomic E-state index is 0.128. The van der Waals surface area contributed by atoms with Crippen molar-refractivity contribution < 1.29 is 13.6 Å². The molecule has 0 aliphatic carbocycles. The van der Waals surface area contributed by atoms with Crippen molar-refractivity contribution >= 4 is 35.1 Å². The normalized spacial score (nSPS) is 11.0. The van der Waals surface area contributed by atoms with Gasteiger partial charge >= 0.3 is 0 Å². The fourth-order valence-electron chi connectivity index (χ4n) is 1.86.